The molecule has 1 aromatic heterocycles. The van der Waals surface area contributed by atoms with Gasteiger partial charge in [-0.05, 0) is 24.3 Å². The van der Waals surface area contributed by atoms with Gasteiger partial charge in [0.15, 0.2) is 0 Å². The number of carbonyl (C=O) groups is 1. The minimum atomic E-state index is -0.403. The monoisotopic (exact) mass is 314 g/mol. The highest BCUT2D eigenvalue weighted by atomic mass is 35.5. The van der Waals surface area contributed by atoms with E-state index in [2.05, 4.69) is 15.6 Å². The van der Waals surface area contributed by atoms with E-state index in [-0.39, 0.29) is 12.1 Å². The number of fused-ring (bicyclic) bond motifs is 1. The summed E-state index contributed by atoms with van der Waals surface area (Å²) in [7, 11) is 0. The fourth-order valence-electron chi connectivity index (χ4n) is 2.02. The molecule has 22 heavy (non-hydrogen) atoms. The first-order valence-electron chi connectivity index (χ1n) is 6.52. The minimum absolute atomic E-state index is 0.234. The summed E-state index contributed by atoms with van der Waals surface area (Å²) in [5, 5.41) is 11.2. The van der Waals surface area contributed by atoms with Crippen LogP contribution in [0.2, 0.25) is 5.02 Å². The average Bonchev–Trinajstić information content (AvgIpc) is 2.53. The third kappa shape index (κ3) is 2.82. The number of benzene rings is 2. The van der Waals surface area contributed by atoms with Crippen molar-refractivity contribution in [3.05, 3.63) is 63.9 Å². The van der Waals surface area contributed by atoms with Gasteiger partial charge in [0, 0.05) is 0 Å². The van der Waals surface area contributed by atoms with Gasteiger partial charge in [0.1, 0.15) is 12.1 Å². The van der Waals surface area contributed by atoms with Crippen LogP contribution in [-0.4, -0.2) is 20.9 Å². The van der Waals surface area contributed by atoms with Gasteiger partial charge in [0.05, 0.1) is 16.1 Å². The highest BCUT2D eigenvalue weighted by molar-refractivity contribution is 6.33. The molecule has 6 nitrogen and oxygen atoms in total. The Hall–Kier alpha value is -2.73. The van der Waals surface area contributed by atoms with Crippen LogP contribution in [0, 0.1) is 0 Å². The lowest BCUT2D eigenvalue weighted by molar-refractivity contribution is -0.117. The molecule has 1 amide bonds. The van der Waals surface area contributed by atoms with Gasteiger partial charge in [-0.15, -0.1) is 5.10 Å². The summed E-state index contributed by atoms with van der Waals surface area (Å²) in [6.45, 7) is -0.234. The summed E-state index contributed by atoms with van der Waals surface area (Å²) in [6.07, 6.45) is 0. The SMILES string of the molecule is O=C(Cn1nnc2ccccc2c1=O)Nc1ccccc1Cl. The van der Waals surface area contributed by atoms with Crippen LogP contribution in [-0.2, 0) is 11.3 Å². The van der Waals surface area contributed by atoms with Gasteiger partial charge >= 0.3 is 0 Å². The number of amides is 1. The second-order valence-electron chi connectivity index (χ2n) is 4.60. The van der Waals surface area contributed by atoms with Gasteiger partial charge in [0.25, 0.3) is 5.56 Å². The smallest absolute Gasteiger partial charge is 0.278 e. The molecule has 2 aromatic carbocycles. The van der Waals surface area contributed by atoms with E-state index in [4.69, 9.17) is 11.6 Å². The molecule has 0 aliphatic rings. The van der Waals surface area contributed by atoms with Crippen LogP contribution in [0.4, 0.5) is 5.69 Å². The zero-order chi connectivity index (χ0) is 15.5. The summed E-state index contributed by atoms with van der Waals surface area (Å²) < 4.78 is 1.02. The molecule has 7 heteroatoms. The maximum atomic E-state index is 12.2. The zero-order valence-electron chi connectivity index (χ0n) is 11.4. The van der Waals surface area contributed by atoms with Crippen molar-refractivity contribution >= 4 is 34.1 Å². The Morgan fingerprint density at radius 1 is 1.14 bits per heavy atom. The highest BCUT2D eigenvalue weighted by Gasteiger charge is 2.10. The topological polar surface area (TPSA) is 76.9 Å². The van der Waals surface area contributed by atoms with Gasteiger partial charge in [-0.2, -0.15) is 0 Å². The number of hydrogen-bond acceptors (Lipinski definition) is 4. The molecule has 0 fully saturated rings. The second kappa shape index (κ2) is 5.95. The molecule has 0 saturated heterocycles. The summed E-state index contributed by atoms with van der Waals surface area (Å²) in [5.74, 6) is -0.403. The van der Waals surface area contributed by atoms with E-state index < -0.39 is 5.91 Å². The molecule has 0 bridgehead atoms. The van der Waals surface area contributed by atoms with Crippen molar-refractivity contribution in [2.45, 2.75) is 6.54 Å². The minimum Gasteiger partial charge on any atom is -0.323 e. The number of carbonyl (C=O) groups excluding carboxylic acids is 1. The van der Waals surface area contributed by atoms with Gasteiger partial charge in [-0.3, -0.25) is 9.59 Å². The lowest BCUT2D eigenvalue weighted by atomic mass is 10.2. The van der Waals surface area contributed by atoms with E-state index >= 15 is 0 Å². The van der Waals surface area contributed by atoms with Crippen molar-refractivity contribution in [2.75, 3.05) is 5.32 Å². The first kappa shape index (κ1) is 14.2. The third-order valence-corrected chi connectivity index (χ3v) is 3.40. The Labute approximate surface area is 130 Å². The van der Waals surface area contributed by atoms with Crippen LogP contribution in [0.25, 0.3) is 10.9 Å². The van der Waals surface area contributed by atoms with Crippen LogP contribution in [0.3, 0.4) is 0 Å². The molecular formula is C15H11ClN4O2. The van der Waals surface area contributed by atoms with Crippen LogP contribution in [0.5, 0.6) is 0 Å². The number of aromatic nitrogens is 3. The molecular weight excluding hydrogens is 304 g/mol. The van der Waals surface area contributed by atoms with Crippen molar-refractivity contribution in [3.8, 4) is 0 Å². The van der Waals surface area contributed by atoms with E-state index in [1.165, 1.54) is 0 Å². The molecule has 0 radical (unpaired) electrons. The fraction of sp³-hybridized carbons (Fsp3) is 0.0667. The first-order chi connectivity index (χ1) is 10.6. The van der Waals surface area contributed by atoms with Crippen molar-refractivity contribution in [1.82, 2.24) is 15.0 Å². The fourth-order valence-corrected chi connectivity index (χ4v) is 2.20. The number of rotatable bonds is 3. The molecule has 0 atom stereocenters. The Morgan fingerprint density at radius 2 is 1.86 bits per heavy atom. The quantitative estimate of drug-likeness (QED) is 0.803. The van der Waals surface area contributed by atoms with Gasteiger partial charge in [-0.25, -0.2) is 4.68 Å². The number of halogens is 1. The first-order valence-corrected chi connectivity index (χ1v) is 6.90. The van der Waals surface area contributed by atoms with E-state index in [0.29, 0.717) is 21.6 Å². The molecule has 0 aliphatic heterocycles. The molecule has 110 valence electrons. The maximum absolute atomic E-state index is 12.2. The summed E-state index contributed by atoms with van der Waals surface area (Å²) in [6, 6.07) is 13.7. The predicted octanol–water partition coefficient (Wildman–Crippen LogP) is 2.08. The van der Waals surface area contributed by atoms with Gasteiger partial charge in [0.2, 0.25) is 5.91 Å². The lowest BCUT2D eigenvalue weighted by Gasteiger charge is -2.07. The molecule has 0 unspecified atom stereocenters. The van der Waals surface area contributed by atoms with E-state index in [0.717, 1.165) is 4.68 Å². The summed E-state index contributed by atoms with van der Waals surface area (Å²) in [4.78, 5) is 24.3. The Balaban J connectivity index is 1.84. The summed E-state index contributed by atoms with van der Waals surface area (Å²) >= 11 is 5.97. The van der Waals surface area contributed by atoms with Crippen molar-refractivity contribution < 1.29 is 4.79 Å². The van der Waals surface area contributed by atoms with Crippen LogP contribution in [0.15, 0.2) is 53.3 Å². The molecule has 1 heterocycles. The molecule has 0 spiro atoms. The van der Waals surface area contributed by atoms with E-state index in [1.54, 1.807) is 48.5 Å². The average molecular weight is 315 g/mol. The van der Waals surface area contributed by atoms with Crippen molar-refractivity contribution in [3.63, 3.8) is 0 Å². The highest BCUT2D eigenvalue weighted by Crippen LogP contribution is 2.20. The molecule has 0 aliphatic carbocycles. The predicted molar refractivity (Wildman–Crippen MR) is 83.9 cm³/mol. The van der Waals surface area contributed by atoms with Crippen molar-refractivity contribution in [1.29, 1.82) is 0 Å². The Kier molecular flexibility index (Phi) is 3.84. The normalized spacial score (nSPS) is 10.6. The Bertz CT molecular complexity index is 907. The summed E-state index contributed by atoms with van der Waals surface area (Å²) in [5.41, 5.74) is 0.617. The second-order valence-corrected chi connectivity index (χ2v) is 5.00. The zero-order valence-corrected chi connectivity index (χ0v) is 12.1. The number of hydrogen-bond donors (Lipinski definition) is 1. The third-order valence-electron chi connectivity index (χ3n) is 3.07. The van der Waals surface area contributed by atoms with Crippen molar-refractivity contribution in [2.24, 2.45) is 0 Å². The largest absolute Gasteiger partial charge is 0.323 e. The van der Waals surface area contributed by atoms with E-state index in [1.807, 2.05) is 0 Å². The molecule has 0 saturated carbocycles. The van der Waals surface area contributed by atoms with Crippen LogP contribution >= 0.6 is 11.6 Å². The maximum Gasteiger partial charge on any atom is 0.278 e. The number of para-hydroxylation sites is 1. The Morgan fingerprint density at radius 3 is 2.68 bits per heavy atom. The number of nitrogens with one attached hydrogen (secondary N) is 1. The van der Waals surface area contributed by atoms with Crippen LogP contribution < -0.4 is 10.9 Å². The number of anilines is 1. The molecule has 3 rings (SSSR count). The standard InChI is InChI=1S/C15H11ClN4O2/c16-11-6-2-4-8-13(11)17-14(21)9-20-15(22)10-5-1-3-7-12(10)18-19-20/h1-8H,9H2,(H,17,21). The lowest BCUT2D eigenvalue weighted by Crippen LogP contribution is -2.30. The molecule has 1 N–H and O–H groups in total. The number of nitrogens with zero attached hydrogens (tertiary/aromatic N) is 3. The molecule has 3 aromatic rings. The van der Waals surface area contributed by atoms with E-state index in [9.17, 15) is 9.59 Å². The van der Waals surface area contributed by atoms with Gasteiger partial charge < -0.3 is 5.32 Å². The van der Waals surface area contributed by atoms with Crippen LogP contribution in [0.1, 0.15) is 0 Å². The van der Waals surface area contributed by atoms with Gasteiger partial charge in [-0.1, -0.05) is 41.1 Å².